The molecule has 0 aromatic rings. The first-order valence-electron chi connectivity index (χ1n) is 6.07. The van der Waals surface area contributed by atoms with Crippen molar-refractivity contribution in [2.75, 3.05) is 0 Å². The molecule has 0 aromatic carbocycles. The molecule has 0 amide bonds. The van der Waals surface area contributed by atoms with E-state index >= 15 is 0 Å². The molecule has 0 rings (SSSR count). The average Bonchev–Trinajstić information content (AvgIpc) is 2.21. The molecule has 4 heteroatoms. The molecule has 0 aliphatic rings. The summed E-state index contributed by atoms with van der Waals surface area (Å²) in [5.74, 6) is -0.271. The summed E-state index contributed by atoms with van der Waals surface area (Å²) >= 11 is 0. The summed E-state index contributed by atoms with van der Waals surface area (Å²) in [5, 5.41) is 0. The number of carbonyl (C=O) groups excluding carboxylic acids is 1. The molecular weight excluding hydrogens is 189 g/mol. The molecule has 0 aliphatic carbocycles. The van der Waals surface area contributed by atoms with Crippen molar-refractivity contribution < 1.29 is 9.45 Å². The lowest BCUT2D eigenvalue weighted by molar-refractivity contribution is -0.135. The number of hydrogen-bond donors (Lipinski definition) is 1. The highest BCUT2D eigenvalue weighted by Gasteiger charge is 2.21. The Hall–Kier alpha value is -0.505. The van der Waals surface area contributed by atoms with Crippen molar-refractivity contribution >= 4 is 12.9 Å². The van der Waals surface area contributed by atoms with Gasteiger partial charge in [-0.1, -0.05) is 39.5 Å². The monoisotopic (exact) mass is 213 g/mol. The molecule has 0 spiro atoms. The molecular formula is C11H24BNO2. The molecule has 0 radical (unpaired) electrons. The predicted molar refractivity (Wildman–Crippen MR) is 64.9 cm³/mol. The summed E-state index contributed by atoms with van der Waals surface area (Å²) in [6.45, 7) is 6.02. The third-order valence-electron chi connectivity index (χ3n) is 2.41. The van der Waals surface area contributed by atoms with Crippen LogP contribution in [-0.4, -0.2) is 18.9 Å². The molecule has 0 bridgehead atoms. The summed E-state index contributed by atoms with van der Waals surface area (Å²) in [5.41, 5.74) is 5.47. The summed E-state index contributed by atoms with van der Waals surface area (Å²) in [4.78, 5) is 11.3. The van der Waals surface area contributed by atoms with Crippen LogP contribution < -0.4 is 5.73 Å². The van der Waals surface area contributed by atoms with Gasteiger partial charge in [0.2, 0.25) is 0 Å². The third kappa shape index (κ3) is 7.43. The maximum atomic E-state index is 11.3. The minimum Gasteiger partial charge on any atom is -0.535 e. The molecule has 0 saturated carbocycles. The Balaban J connectivity index is 3.93. The number of rotatable bonds is 8. The van der Waals surface area contributed by atoms with E-state index in [1.807, 2.05) is 0 Å². The Bertz CT molecular complexity index is 166. The Labute approximate surface area is 93.9 Å². The van der Waals surface area contributed by atoms with Crippen molar-refractivity contribution in [2.24, 2.45) is 5.73 Å². The van der Waals surface area contributed by atoms with Crippen LogP contribution in [0.25, 0.3) is 0 Å². The highest BCUT2D eigenvalue weighted by atomic mass is 16.5. The number of carbonyl (C=O) groups is 1. The first-order valence-corrected chi connectivity index (χ1v) is 6.07. The van der Waals surface area contributed by atoms with E-state index in [2.05, 4.69) is 13.8 Å². The van der Waals surface area contributed by atoms with Gasteiger partial charge in [-0.05, 0) is 19.6 Å². The Kier molecular flexibility index (Phi) is 8.48. The minimum atomic E-state index is -0.504. The number of nitrogens with two attached hydrogens (primary N) is 1. The van der Waals surface area contributed by atoms with Crippen LogP contribution in [0.4, 0.5) is 0 Å². The number of unbranched alkanes of at least 4 members (excludes halogenated alkanes) is 2. The average molecular weight is 213 g/mol. The highest BCUT2D eigenvalue weighted by molar-refractivity contribution is 6.53. The van der Waals surface area contributed by atoms with Crippen molar-refractivity contribution in [3.05, 3.63) is 0 Å². The van der Waals surface area contributed by atoms with Gasteiger partial charge in [0.05, 0.1) is 6.04 Å². The lowest BCUT2D eigenvalue weighted by atomic mass is 9.59. The quantitative estimate of drug-likeness (QED) is 0.630. The second kappa shape index (κ2) is 8.78. The first-order chi connectivity index (χ1) is 7.11. The van der Waals surface area contributed by atoms with Gasteiger partial charge < -0.3 is 10.4 Å². The maximum absolute atomic E-state index is 11.3. The standard InChI is InChI=1S/C11H24BNO2/c1-4-6-8-12(9-7-5-2)15-11(14)10(3)13/h10H,4-9,13H2,1-3H3. The number of hydrogen-bond acceptors (Lipinski definition) is 3. The highest BCUT2D eigenvalue weighted by Crippen LogP contribution is 2.11. The molecule has 0 fully saturated rings. The van der Waals surface area contributed by atoms with E-state index in [-0.39, 0.29) is 12.9 Å². The van der Waals surface area contributed by atoms with E-state index in [0.717, 1.165) is 38.3 Å². The van der Waals surface area contributed by atoms with E-state index in [1.54, 1.807) is 6.92 Å². The van der Waals surface area contributed by atoms with Crippen LogP contribution in [0.2, 0.25) is 12.6 Å². The van der Waals surface area contributed by atoms with Gasteiger partial charge >= 0.3 is 12.9 Å². The largest absolute Gasteiger partial charge is 0.535 e. The molecule has 88 valence electrons. The summed E-state index contributed by atoms with van der Waals surface area (Å²) in [6.07, 6.45) is 6.43. The molecule has 0 saturated heterocycles. The van der Waals surface area contributed by atoms with Crippen LogP contribution in [0.3, 0.4) is 0 Å². The molecule has 15 heavy (non-hydrogen) atoms. The van der Waals surface area contributed by atoms with Crippen LogP contribution in [0, 0.1) is 0 Å². The minimum absolute atomic E-state index is 0.0726. The smallest absolute Gasteiger partial charge is 0.361 e. The lowest BCUT2D eigenvalue weighted by Gasteiger charge is -2.15. The molecule has 1 atom stereocenters. The van der Waals surface area contributed by atoms with Crippen molar-refractivity contribution in [3.63, 3.8) is 0 Å². The zero-order chi connectivity index (χ0) is 11.7. The van der Waals surface area contributed by atoms with Gasteiger partial charge in [0, 0.05) is 0 Å². The van der Waals surface area contributed by atoms with Gasteiger partial charge in [0.1, 0.15) is 0 Å². The fourth-order valence-electron chi connectivity index (χ4n) is 1.40. The second-order valence-electron chi connectivity index (χ2n) is 4.13. The van der Waals surface area contributed by atoms with Crippen LogP contribution in [0.15, 0.2) is 0 Å². The maximum Gasteiger partial charge on any atom is 0.361 e. The van der Waals surface area contributed by atoms with E-state index in [9.17, 15) is 4.79 Å². The normalized spacial score (nSPS) is 12.3. The van der Waals surface area contributed by atoms with Crippen molar-refractivity contribution in [1.82, 2.24) is 0 Å². The Morgan fingerprint density at radius 3 is 2.07 bits per heavy atom. The van der Waals surface area contributed by atoms with Crippen LogP contribution in [0.5, 0.6) is 0 Å². The zero-order valence-electron chi connectivity index (χ0n) is 10.3. The third-order valence-corrected chi connectivity index (χ3v) is 2.41. The van der Waals surface area contributed by atoms with Crippen LogP contribution in [0.1, 0.15) is 46.5 Å². The summed E-state index contributed by atoms with van der Waals surface area (Å²) in [6, 6.07) is -0.504. The molecule has 0 aromatic heterocycles. The summed E-state index contributed by atoms with van der Waals surface area (Å²) in [7, 11) is 0. The van der Waals surface area contributed by atoms with Gasteiger partial charge in [-0.15, -0.1) is 0 Å². The van der Waals surface area contributed by atoms with Crippen LogP contribution in [-0.2, 0) is 9.45 Å². The van der Waals surface area contributed by atoms with E-state index in [0.29, 0.717) is 0 Å². The van der Waals surface area contributed by atoms with Crippen LogP contribution >= 0.6 is 0 Å². The molecule has 0 aliphatic heterocycles. The van der Waals surface area contributed by atoms with Gasteiger partial charge in [0.25, 0.3) is 0 Å². The van der Waals surface area contributed by atoms with Crippen molar-refractivity contribution in [3.8, 4) is 0 Å². The van der Waals surface area contributed by atoms with Gasteiger partial charge in [-0.2, -0.15) is 0 Å². The Morgan fingerprint density at radius 2 is 1.73 bits per heavy atom. The van der Waals surface area contributed by atoms with E-state index in [4.69, 9.17) is 10.4 Å². The van der Waals surface area contributed by atoms with E-state index in [1.165, 1.54) is 0 Å². The molecule has 1 unspecified atom stereocenters. The zero-order valence-corrected chi connectivity index (χ0v) is 10.3. The van der Waals surface area contributed by atoms with Gasteiger partial charge in [-0.3, -0.25) is 4.79 Å². The fraction of sp³-hybridized carbons (Fsp3) is 0.909. The lowest BCUT2D eigenvalue weighted by Crippen LogP contribution is -2.34. The SMILES string of the molecule is CCCCB(CCCC)OC(=O)C(C)N. The Morgan fingerprint density at radius 1 is 1.27 bits per heavy atom. The van der Waals surface area contributed by atoms with Gasteiger partial charge in [-0.25, -0.2) is 0 Å². The van der Waals surface area contributed by atoms with E-state index < -0.39 is 6.04 Å². The fourth-order valence-corrected chi connectivity index (χ4v) is 1.40. The van der Waals surface area contributed by atoms with Gasteiger partial charge in [0.15, 0.2) is 0 Å². The topological polar surface area (TPSA) is 52.3 Å². The molecule has 2 N–H and O–H groups in total. The predicted octanol–water partition coefficient (Wildman–Crippen LogP) is 2.47. The molecule has 0 heterocycles. The summed E-state index contributed by atoms with van der Waals surface area (Å²) < 4.78 is 5.35. The van der Waals surface area contributed by atoms with Crippen molar-refractivity contribution in [2.45, 2.75) is 65.1 Å². The molecule has 3 nitrogen and oxygen atoms in total. The first kappa shape index (κ1) is 14.5. The van der Waals surface area contributed by atoms with Crippen molar-refractivity contribution in [1.29, 1.82) is 0 Å². The second-order valence-corrected chi connectivity index (χ2v) is 4.13.